The van der Waals surface area contributed by atoms with Gasteiger partial charge < -0.3 is 29.5 Å². The number of carboxylic acids is 1. The number of carboxylic acid groups (broad SMARTS) is 1. The van der Waals surface area contributed by atoms with Crippen molar-refractivity contribution in [2.75, 3.05) is 47.0 Å². The maximum Gasteiger partial charge on any atom is 0.329 e. The third kappa shape index (κ3) is 6.28. The summed E-state index contributed by atoms with van der Waals surface area (Å²) < 4.78 is 10.0. The third-order valence-electron chi connectivity index (χ3n) is 3.33. The van der Waals surface area contributed by atoms with Crippen molar-refractivity contribution in [1.29, 1.82) is 0 Å². The summed E-state index contributed by atoms with van der Waals surface area (Å²) in [6, 6.07) is -0.151. The van der Waals surface area contributed by atoms with E-state index >= 15 is 0 Å². The van der Waals surface area contributed by atoms with Crippen molar-refractivity contribution in [3.8, 4) is 0 Å². The van der Waals surface area contributed by atoms with Gasteiger partial charge in [-0.15, -0.1) is 0 Å². The summed E-state index contributed by atoms with van der Waals surface area (Å²) in [7, 11) is 3.13. The van der Waals surface area contributed by atoms with Gasteiger partial charge in [-0.1, -0.05) is 0 Å². The van der Waals surface area contributed by atoms with E-state index < -0.39 is 12.1 Å². The number of ether oxygens (including phenoxy) is 2. The van der Waals surface area contributed by atoms with Crippen LogP contribution in [0.2, 0.25) is 0 Å². The van der Waals surface area contributed by atoms with Gasteiger partial charge in [0.25, 0.3) is 0 Å². The second kappa shape index (κ2) is 8.81. The Morgan fingerprint density at radius 1 is 1.38 bits per heavy atom. The number of aliphatic hydroxyl groups excluding tert-OH is 1. The summed E-state index contributed by atoms with van der Waals surface area (Å²) in [5.74, 6) is -0.986. The van der Waals surface area contributed by atoms with E-state index in [2.05, 4.69) is 0 Å². The first kappa shape index (κ1) is 17.7. The summed E-state index contributed by atoms with van der Waals surface area (Å²) in [6.07, 6.45) is 0.413. The maximum absolute atomic E-state index is 12.2. The molecule has 1 aliphatic heterocycles. The average molecular weight is 304 g/mol. The van der Waals surface area contributed by atoms with Crippen LogP contribution in [0.1, 0.15) is 12.8 Å². The summed E-state index contributed by atoms with van der Waals surface area (Å²) in [6.45, 7) is 1.13. The molecule has 0 radical (unpaired) electrons. The van der Waals surface area contributed by atoms with Crippen molar-refractivity contribution < 1.29 is 29.3 Å². The van der Waals surface area contributed by atoms with E-state index in [0.29, 0.717) is 25.9 Å². The third-order valence-corrected chi connectivity index (χ3v) is 3.33. The fourth-order valence-corrected chi connectivity index (χ4v) is 2.28. The first-order chi connectivity index (χ1) is 9.93. The van der Waals surface area contributed by atoms with Crippen LogP contribution in [0, 0.1) is 0 Å². The smallest absolute Gasteiger partial charge is 0.329 e. The minimum atomic E-state index is -0.986. The molecule has 1 atom stereocenters. The Balaban J connectivity index is 2.32. The highest BCUT2D eigenvalue weighted by Gasteiger charge is 2.26. The molecule has 1 rings (SSSR count). The predicted molar refractivity (Wildman–Crippen MR) is 74.1 cm³/mol. The molecule has 1 unspecified atom stereocenters. The molecule has 1 fully saturated rings. The summed E-state index contributed by atoms with van der Waals surface area (Å²) in [5.41, 5.74) is 0. The molecule has 8 nitrogen and oxygen atoms in total. The summed E-state index contributed by atoms with van der Waals surface area (Å²) in [4.78, 5) is 25.7. The SMILES string of the molecule is COCC(O)CN(C)C(=O)N1CCC(OCC(=O)O)CC1. The van der Waals surface area contributed by atoms with E-state index in [1.165, 1.54) is 12.0 Å². The summed E-state index contributed by atoms with van der Waals surface area (Å²) >= 11 is 0. The number of rotatable bonds is 7. The van der Waals surface area contributed by atoms with Crippen molar-refractivity contribution in [3.05, 3.63) is 0 Å². The van der Waals surface area contributed by atoms with Gasteiger partial charge in [0.2, 0.25) is 0 Å². The maximum atomic E-state index is 12.2. The molecular weight excluding hydrogens is 280 g/mol. The molecule has 1 saturated heterocycles. The van der Waals surface area contributed by atoms with Crippen LogP contribution in [-0.4, -0.2) is 91.2 Å². The number of hydrogen-bond donors (Lipinski definition) is 2. The average Bonchev–Trinajstić information content (AvgIpc) is 2.45. The zero-order valence-electron chi connectivity index (χ0n) is 12.5. The van der Waals surface area contributed by atoms with Crippen molar-refractivity contribution in [2.45, 2.75) is 25.0 Å². The van der Waals surface area contributed by atoms with E-state index in [1.807, 2.05) is 0 Å². The lowest BCUT2D eigenvalue weighted by Gasteiger charge is -2.34. The lowest BCUT2D eigenvalue weighted by atomic mass is 10.1. The second-order valence-electron chi connectivity index (χ2n) is 5.16. The minimum Gasteiger partial charge on any atom is -0.480 e. The number of methoxy groups -OCH3 is 1. The number of carbonyl (C=O) groups is 2. The molecular formula is C13H24N2O6. The fourth-order valence-electron chi connectivity index (χ4n) is 2.28. The minimum absolute atomic E-state index is 0.116. The molecule has 0 aromatic heterocycles. The van der Waals surface area contributed by atoms with Crippen LogP contribution in [0.15, 0.2) is 0 Å². The number of hydrogen-bond acceptors (Lipinski definition) is 5. The number of urea groups is 1. The Kier molecular flexibility index (Phi) is 7.41. The molecule has 0 bridgehead atoms. The summed E-state index contributed by atoms with van der Waals surface area (Å²) in [5, 5.41) is 18.2. The lowest BCUT2D eigenvalue weighted by molar-refractivity contribution is -0.145. The Morgan fingerprint density at radius 3 is 2.52 bits per heavy atom. The molecule has 0 aliphatic carbocycles. The standard InChI is InChI=1S/C13H24N2O6/c1-14(7-10(16)8-20-2)13(19)15-5-3-11(4-6-15)21-9-12(17)18/h10-11,16H,3-9H2,1-2H3,(H,17,18). The van der Waals surface area contributed by atoms with E-state index in [-0.39, 0.29) is 31.9 Å². The molecule has 1 heterocycles. The predicted octanol–water partition coefficient (Wildman–Crippen LogP) is -0.389. The Labute approximate surface area is 124 Å². The van der Waals surface area contributed by atoms with Crippen LogP contribution < -0.4 is 0 Å². The van der Waals surface area contributed by atoms with Gasteiger partial charge in [-0.3, -0.25) is 0 Å². The topological polar surface area (TPSA) is 99.5 Å². The van der Waals surface area contributed by atoms with Gasteiger partial charge in [-0.05, 0) is 12.8 Å². The van der Waals surface area contributed by atoms with Gasteiger partial charge in [0.15, 0.2) is 0 Å². The molecule has 0 aromatic carbocycles. The van der Waals surface area contributed by atoms with Gasteiger partial charge in [-0.2, -0.15) is 0 Å². The monoisotopic (exact) mass is 304 g/mol. The van der Waals surface area contributed by atoms with E-state index in [0.717, 1.165) is 0 Å². The number of likely N-dealkylation sites (N-methyl/N-ethyl adjacent to an activating group) is 1. The molecule has 122 valence electrons. The highest BCUT2D eigenvalue weighted by atomic mass is 16.5. The van der Waals surface area contributed by atoms with Crippen LogP contribution in [0.25, 0.3) is 0 Å². The number of likely N-dealkylation sites (tertiary alicyclic amines) is 1. The van der Waals surface area contributed by atoms with Crippen LogP contribution in [0.4, 0.5) is 4.79 Å². The highest BCUT2D eigenvalue weighted by Crippen LogP contribution is 2.15. The molecule has 2 amide bonds. The number of carbonyl (C=O) groups excluding carboxylic acids is 1. The van der Waals surface area contributed by atoms with Crippen LogP contribution >= 0.6 is 0 Å². The van der Waals surface area contributed by atoms with E-state index in [9.17, 15) is 14.7 Å². The second-order valence-corrected chi connectivity index (χ2v) is 5.16. The van der Waals surface area contributed by atoms with Crippen LogP contribution in [0.3, 0.4) is 0 Å². The fraction of sp³-hybridized carbons (Fsp3) is 0.846. The number of nitrogens with zero attached hydrogens (tertiary/aromatic N) is 2. The van der Waals surface area contributed by atoms with Gasteiger partial charge in [0.1, 0.15) is 6.61 Å². The molecule has 8 heteroatoms. The molecule has 2 N–H and O–H groups in total. The van der Waals surface area contributed by atoms with Crippen molar-refractivity contribution >= 4 is 12.0 Å². The largest absolute Gasteiger partial charge is 0.480 e. The highest BCUT2D eigenvalue weighted by molar-refractivity contribution is 5.74. The van der Waals surface area contributed by atoms with E-state index in [4.69, 9.17) is 14.6 Å². The van der Waals surface area contributed by atoms with Crippen molar-refractivity contribution in [3.63, 3.8) is 0 Å². The molecule has 21 heavy (non-hydrogen) atoms. The number of aliphatic hydroxyl groups is 1. The van der Waals surface area contributed by atoms with Crippen LogP contribution in [0.5, 0.6) is 0 Å². The Morgan fingerprint density at radius 2 is 2.00 bits per heavy atom. The Bertz CT molecular complexity index is 344. The Hall–Kier alpha value is -1.38. The van der Waals surface area contributed by atoms with Crippen molar-refractivity contribution in [2.24, 2.45) is 0 Å². The van der Waals surface area contributed by atoms with Gasteiger partial charge >= 0.3 is 12.0 Å². The molecule has 1 aliphatic rings. The molecule has 0 spiro atoms. The zero-order valence-corrected chi connectivity index (χ0v) is 12.5. The van der Waals surface area contributed by atoms with Gasteiger partial charge in [0, 0.05) is 27.2 Å². The number of piperidine rings is 1. The first-order valence-electron chi connectivity index (χ1n) is 6.94. The van der Waals surface area contributed by atoms with Gasteiger partial charge in [-0.25, -0.2) is 9.59 Å². The van der Waals surface area contributed by atoms with E-state index in [1.54, 1.807) is 11.9 Å². The van der Waals surface area contributed by atoms with Gasteiger partial charge in [0.05, 0.1) is 25.4 Å². The number of amides is 2. The molecule has 0 saturated carbocycles. The molecule has 0 aromatic rings. The first-order valence-corrected chi connectivity index (χ1v) is 6.94. The lowest BCUT2D eigenvalue weighted by Crippen LogP contribution is -2.48. The quantitative estimate of drug-likeness (QED) is 0.664. The zero-order chi connectivity index (χ0) is 15.8. The number of aliphatic carboxylic acids is 1. The van der Waals surface area contributed by atoms with Crippen LogP contribution in [-0.2, 0) is 14.3 Å². The normalized spacial score (nSPS) is 17.6. The van der Waals surface area contributed by atoms with Crippen molar-refractivity contribution in [1.82, 2.24) is 9.80 Å².